The number of piperazine rings is 1. The third-order valence-electron chi connectivity index (χ3n) is 6.12. The smallest absolute Gasteiger partial charge is 0.135 e. The highest BCUT2D eigenvalue weighted by atomic mass is 15.3. The van der Waals surface area contributed by atoms with Crippen molar-refractivity contribution in [3.63, 3.8) is 0 Å². The monoisotopic (exact) mass is 365 g/mol. The van der Waals surface area contributed by atoms with Gasteiger partial charge in [0.2, 0.25) is 0 Å². The summed E-state index contributed by atoms with van der Waals surface area (Å²) in [7, 11) is 0. The Bertz CT molecular complexity index is 740. The standard InChI is InChI=1S/C22H31N5/c1-18-19(2)23-17-24-22(18)27-12-10-25(11-13-27)15-21-8-9-26(16-21)14-20-6-4-3-5-7-20/h3-7,17,21H,8-16H2,1-2H3. The van der Waals surface area contributed by atoms with Gasteiger partial charge in [0.1, 0.15) is 12.1 Å². The topological polar surface area (TPSA) is 35.5 Å². The van der Waals surface area contributed by atoms with E-state index in [4.69, 9.17) is 0 Å². The lowest BCUT2D eigenvalue weighted by molar-refractivity contribution is 0.213. The molecule has 2 saturated heterocycles. The molecule has 0 amide bonds. The lowest BCUT2D eigenvalue weighted by Gasteiger charge is -2.37. The first-order chi connectivity index (χ1) is 13.2. The molecule has 144 valence electrons. The van der Waals surface area contributed by atoms with E-state index >= 15 is 0 Å². The summed E-state index contributed by atoms with van der Waals surface area (Å²) in [5.74, 6) is 1.93. The highest BCUT2D eigenvalue weighted by Gasteiger charge is 2.27. The molecule has 2 aliphatic rings. The number of hydrogen-bond acceptors (Lipinski definition) is 5. The summed E-state index contributed by atoms with van der Waals surface area (Å²) in [5.41, 5.74) is 3.74. The Morgan fingerprint density at radius 3 is 2.48 bits per heavy atom. The molecule has 1 unspecified atom stereocenters. The zero-order valence-corrected chi connectivity index (χ0v) is 16.6. The predicted octanol–water partition coefficient (Wildman–Crippen LogP) is 2.74. The van der Waals surface area contributed by atoms with Gasteiger partial charge in [-0.1, -0.05) is 30.3 Å². The first-order valence-corrected chi connectivity index (χ1v) is 10.2. The summed E-state index contributed by atoms with van der Waals surface area (Å²) < 4.78 is 0. The van der Waals surface area contributed by atoms with Gasteiger partial charge >= 0.3 is 0 Å². The fourth-order valence-electron chi connectivity index (χ4n) is 4.40. The second-order valence-electron chi connectivity index (χ2n) is 8.07. The molecule has 0 N–H and O–H groups in total. The highest BCUT2D eigenvalue weighted by molar-refractivity contribution is 5.47. The molecule has 2 fully saturated rings. The molecule has 2 aromatic rings. The van der Waals surface area contributed by atoms with Crippen molar-refractivity contribution in [1.82, 2.24) is 19.8 Å². The average Bonchev–Trinajstić information content (AvgIpc) is 3.12. The SMILES string of the molecule is Cc1ncnc(N2CCN(CC3CCN(Cc4ccccc4)C3)CC2)c1C. The molecule has 1 aromatic heterocycles. The van der Waals surface area contributed by atoms with Gasteiger partial charge in [-0.05, 0) is 38.3 Å². The molecule has 0 radical (unpaired) electrons. The Hall–Kier alpha value is -1.98. The van der Waals surface area contributed by atoms with Crippen molar-refractivity contribution >= 4 is 5.82 Å². The van der Waals surface area contributed by atoms with E-state index in [1.54, 1.807) is 6.33 Å². The third-order valence-corrected chi connectivity index (χ3v) is 6.12. The van der Waals surface area contributed by atoms with Gasteiger partial charge in [0.25, 0.3) is 0 Å². The second kappa shape index (κ2) is 8.36. The molecule has 5 heteroatoms. The molecule has 4 rings (SSSR count). The van der Waals surface area contributed by atoms with E-state index in [-0.39, 0.29) is 0 Å². The van der Waals surface area contributed by atoms with E-state index in [9.17, 15) is 0 Å². The van der Waals surface area contributed by atoms with E-state index in [1.807, 2.05) is 0 Å². The maximum atomic E-state index is 4.53. The largest absolute Gasteiger partial charge is 0.354 e. The predicted molar refractivity (Wildman–Crippen MR) is 110 cm³/mol. The second-order valence-corrected chi connectivity index (χ2v) is 8.07. The minimum atomic E-state index is 0.809. The van der Waals surface area contributed by atoms with Crippen LogP contribution in [0.1, 0.15) is 23.2 Å². The zero-order valence-electron chi connectivity index (χ0n) is 16.6. The Labute approximate surface area is 163 Å². The van der Waals surface area contributed by atoms with Gasteiger partial charge in [-0.25, -0.2) is 9.97 Å². The van der Waals surface area contributed by atoms with Gasteiger partial charge in [0, 0.05) is 57.1 Å². The molecule has 1 atom stereocenters. The molecule has 0 bridgehead atoms. The van der Waals surface area contributed by atoms with Gasteiger partial charge in [0.15, 0.2) is 0 Å². The van der Waals surface area contributed by atoms with E-state index in [2.05, 4.69) is 68.8 Å². The third kappa shape index (κ3) is 4.47. The number of aryl methyl sites for hydroxylation is 1. The molecule has 3 heterocycles. The van der Waals surface area contributed by atoms with Gasteiger partial charge in [-0.3, -0.25) is 9.80 Å². The quantitative estimate of drug-likeness (QED) is 0.814. The summed E-state index contributed by atoms with van der Waals surface area (Å²) in [6, 6.07) is 10.9. The minimum Gasteiger partial charge on any atom is -0.354 e. The Morgan fingerprint density at radius 1 is 0.926 bits per heavy atom. The van der Waals surface area contributed by atoms with Crippen molar-refractivity contribution in [1.29, 1.82) is 0 Å². The van der Waals surface area contributed by atoms with Crippen LogP contribution in [0.5, 0.6) is 0 Å². The van der Waals surface area contributed by atoms with Crippen molar-refractivity contribution in [2.45, 2.75) is 26.8 Å². The van der Waals surface area contributed by atoms with Gasteiger partial charge in [0.05, 0.1) is 0 Å². The highest BCUT2D eigenvalue weighted by Crippen LogP contribution is 2.23. The molecule has 5 nitrogen and oxygen atoms in total. The summed E-state index contributed by atoms with van der Waals surface area (Å²) in [6.45, 7) is 13.4. The van der Waals surface area contributed by atoms with Crippen LogP contribution in [0.2, 0.25) is 0 Å². The number of rotatable bonds is 5. The van der Waals surface area contributed by atoms with Crippen molar-refractivity contribution in [2.75, 3.05) is 50.7 Å². The van der Waals surface area contributed by atoms with Crippen LogP contribution < -0.4 is 4.90 Å². The van der Waals surface area contributed by atoms with Crippen LogP contribution in [0, 0.1) is 19.8 Å². The van der Waals surface area contributed by atoms with E-state index in [0.717, 1.165) is 50.2 Å². The van der Waals surface area contributed by atoms with Crippen molar-refractivity contribution < 1.29 is 0 Å². The maximum Gasteiger partial charge on any atom is 0.135 e. The number of anilines is 1. The molecule has 27 heavy (non-hydrogen) atoms. The van der Waals surface area contributed by atoms with Crippen LogP contribution in [0.4, 0.5) is 5.82 Å². The van der Waals surface area contributed by atoms with Crippen molar-refractivity contribution in [3.8, 4) is 0 Å². The number of aromatic nitrogens is 2. The van der Waals surface area contributed by atoms with Crippen molar-refractivity contribution in [2.24, 2.45) is 5.92 Å². The lowest BCUT2D eigenvalue weighted by Crippen LogP contribution is -2.48. The fraction of sp³-hybridized carbons (Fsp3) is 0.545. The normalized spacial score (nSPS) is 21.7. The van der Waals surface area contributed by atoms with Crippen LogP contribution in [-0.2, 0) is 6.54 Å². The molecule has 2 aliphatic heterocycles. The van der Waals surface area contributed by atoms with Crippen LogP contribution in [0.25, 0.3) is 0 Å². The lowest BCUT2D eigenvalue weighted by atomic mass is 10.1. The number of benzene rings is 1. The summed E-state index contributed by atoms with van der Waals surface area (Å²) in [5, 5.41) is 0. The van der Waals surface area contributed by atoms with Gasteiger partial charge in [-0.15, -0.1) is 0 Å². The van der Waals surface area contributed by atoms with Crippen LogP contribution in [0.15, 0.2) is 36.7 Å². The van der Waals surface area contributed by atoms with Crippen molar-refractivity contribution in [3.05, 3.63) is 53.5 Å². The first-order valence-electron chi connectivity index (χ1n) is 10.2. The Morgan fingerprint density at radius 2 is 1.70 bits per heavy atom. The molecule has 0 saturated carbocycles. The van der Waals surface area contributed by atoms with E-state index in [1.165, 1.54) is 37.2 Å². The molecule has 1 aromatic carbocycles. The van der Waals surface area contributed by atoms with Crippen LogP contribution in [-0.4, -0.2) is 65.6 Å². The minimum absolute atomic E-state index is 0.809. The Kier molecular flexibility index (Phi) is 5.69. The van der Waals surface area contributed by atoms with E-state index in [0.29, 0.717) is 0 Å². The number of nitrogens with zero attached hydrogens (tertiary/aromatic N) is 5. The first kappa shape index (κ1) is 18.4. The van der Waals surface area contributed by atoms with Crippen LogP contribution in [0.3, 0.4) is 0 Å². The molecular weight excluding hydrogens is 334 g/mol. The Balaban J connectivity index is 1.24. The number of likely N-dealkylation sites (tertiary alicyclic amines) is 1. The van der Waals surface area contributed by atoms with Gasteiger partial charge < -0.3 is 4.90 Å². The number of hydrogen-bond donors (Lipinski definition) is 0. The molecular formula is C22H31N5. The molecule has 0 spiro atoms. The summed E-state index contributed by atoms with van der Waals surface area (Å²) >= 11 is 0. The van der Waals surface area contributed by atoms with Crippen LogP contribution >= 0.6 is 0 Å². The summed E-state index contributed by atoms with van der Waals surface area (Å²) in [4.78, 5) is 16.5. The zero-order chi connectivity index (χ0) is 18.6. The maximum absolute atomic E-state index is 4.53. The average molecular weight is 366 g/mol. The molecule has 0 aliphatic carbocycles. The van der Waals surface area contributed by atoms with E-state index < -0.39 is 0 Å². The summed E-state index contributed by atoms with van der Waals surface area (Å²) in [6.07, 6.45) is 3.03. The fourth-order valence-corrected chi connectivity index (χ4v) is 4.40. The van der Waals surface area contributed by atoms with Gasteiger partial charge in [-0.2, -0.15) is 0 Å².